The van der Waals surface area contributed by atoms with E-state index in [1.54, 1.807) is 24.3 Å². The van der Waals surface area contributed by atoms with E-state index in [1.165, 1.54) is 18.2 Å². The van der Waals surface area contributed by atoms with Gasteiger partial charge in [-0.25, -0.2) is 18.1 Å². The maximum Gasteiger partial charge on any atom is 0.240 e. The lowest BCUT2D eigenvalue weighted by molar-refractivity contribution is -0.00834. The summed E-state index contributed by atoms with van der Waals surface area (Å²) in [4.78, 5) is 7.26. The summed E-state index contributed by atoms with van der Waals surface area (Å²) in [6.45, 7) is 7.53. The van der Waals surface area contributed by atoms with Crippen LogP contribution >= 0.6 is 0 Å². The third-order valence-electron chi connectivity index (χ3n) is 5.15. The van der Waals surface area contributed by atoms with E-state index >= 15 is 0 Å². The number of hydrogen-bond acceptors (Lipinski definition) is 4. The van der Waals surface area contributed by atoms with Crippen molar-refractivity contribution in [2.24, 2.45) is 4.99 Å². The van der Waals surface area contributed by atoms with Gasteiger partial charge in [0.1, 0.15) is 6.10 Å². The number of nitrogens with one attached hydrogen (secondary N) is 2. The molecule has 1 fully saturated rings. The van der Waals surface area contributed by atoms with Gasteiger partial charge < -0.3 is 15.0 Å². The molecule has 0 spiro atoms. The summed E-state index contributed by atoms with van der Waals surface area (Å²) in [5.41, 5.74) is 3.38. The van der Waals surface area contributed by atoms with E-state index in [-0.39, 0.29) is 11.0 Å². The predicted molar refractivity (Wildman–Crippen MR) is 119 cm³/mol. The number of sulfonamides is 1. The highest BCUT2D eigenvalue weighted by Gasteiger charge is 2.25. The number of rotatable bonds is 6. The lowest BCUT2D eigenvalue weighted by Gasteiger charge is -2.35. The Hall–Kier alpha value is -2.42. The quantitative estimate of drug-likeness (QED) is 0.543. The number of nitrogens with zero attached hydrogens (tertiary/aromatic N) is 2. The van der Waals surface area contributed by atoms with Crippen LogP contribution in [0.15, 0.2) is 58.4 Å². The molecule has 1 atom stereocenters. The van der Waals surface area contributed by atoms with Crippen LogP contribution in [0, 0.1) is 6.92 Å². The molecule has 2 aromatic rings. The van der Waals surface area contributed by atoms with Crippen molar-refractivity contribution in [2.45, 2.75) is 31.4 Å². The smallest absolute Gasteiger partial charge is 0.240 e. The first-order chi connectivity index (χ1) is 14.4. The number of aryl methyl sites for hydroxylation is 1. The Morgan fingerprint density at radius 3 is 2.60 bits per heavy atom. The monoisotopic (exact) mass is 430 g/mol. The zero-order valence-corrected chi connectivity index (χ0v) is 18.6. The Morgan fingerprint density at radius 1 is 1.20 bits per heavy atom. The highest BCUT2D eigenvalue weighted by Crippen LogP contribution is 2.25. The van der Waals surface area contributed by atoms with Crippen molar-refractivity contribution in [1.29, 1.82) is 0 Å². The minimum Gasteiger partial charge on any atom is -0.370 e. The van der Waals surface area contributed by atoms with Crippen molar-refractivity contribution in [2.75, 3.05) is 33.3 Å². The highest BCUT2D eigenvalue weighted by atomic mass is 32.2. The Bertz CT molecular complexity index is 974. The fourth-order valence-corrected chi connectivity index (χ4v) is 4.19. The van der Waals surface area contributed by atoms with E-state index in [0.29, 0.717) is 13.2 Å². The molecule has 0 aliphatic carbocycles. The maximum absolute atomic E-state index is 11.9. The predicted octanol–water partition coefficient (Wildman–Crippen LogP) is 2.44. The molecule has 0 amide bonds. The van der Waals surface area contributed by atoms with Gasteiger partial charge in [-0.05, 0) is 49.7 Å². The second-order valence-electron chi connectivity index (χ2n) is 7.18. The van der Waals surface area contributed by atoms with Crippen LogP contribution in [-0.4, -0.2) is 52.6 Å². The van der Waals surface area contributed by atoms with Crippen molar-refractivity contribution < 1.29 is 13.2 Å². The second-order valence-corrected chi connectivity index (χ2v) is 9.07. The minimum absolute atomic E-state index is 0.00911. The molecule has 1 saturated heterocycles. The van der Waals surface area contributed by atoms with Crippen molar-refractivity contribution in [1.82, 2.24) is 14.9 Å². The van der Waals surface area contributed by atoms with Gasteiger partial charge in [0.25, 0.3) is 0 Å². The molecule has 0 saturated carbocycles. The average molecular weight is 431 g/mol. The summed E-state index contributed by atoms with van der Waals surface area (Å²) in [5.74, 6) is 0.839. The molecular formula is C22H30N4O3S. The molecule has 1 aliphatic rings. The third-order valence-corrected chi connectivity index (χ3v) is 6.58. The number of morpholine rings is 1. The summed E-state index contributed by atoms with van der Waals surface area (Å²) in [5, 5.41) is 3.37. The molecule has 0 aromatic heterocycles. The van der Waals surface area contributed by atoms with Crippen molar-refractivity contribution in [3.63, 3.8) is 0 Å². The van der Waals surface area contributed by atoms with Gasteiger partial charge in [-0.3, -0.25) is 0 Å². The molecule has 1 heterocycles. The first kappa shape index (κ1) is 22.3. The first-order valence-electron chi connectivity index (χ1n) is 10.2. The number of aliphatic imine (C=N–C) groups is 1. The molecule has 3 rings (SSSR count). The average Bonchev–Trinajstić information content (AvgIpc) is 2.77. The lowest BCUT2D eigenvalue weighted by Crippen LogP contribution is -2.48. The van der Waals surface area contributed by atoms with Crippen molar-refractivity contribution in [3.8, 4) is 0 Å². The van der Waals surface area contributed by atoms with Crippen LogP contribution in [0.1, 0.15) is 29.7 Å². The van der Waals surface area contributed by atoms with Crippen LogP contribution in [-0.2, 0) is 21.3 Å². The Kier molecular flexibility index (Phi) is 7.47. The topological polar surface area (TPSA) is 83.0 Å². The van der Waals surface area contributed by atoms with Crippen molar-refractivity contribution >= 4 is 16.0 Å². The summed E-state index contributed by atoms with van der Waals surface area (Å²) in [7, 11) is -2.02. The lowest BCUT2D eigenvalue weighted by atomic mass is 10.0. The molecule has 7 nitrogen and oxygen atoms in total. The van der Waals surface area contributed by atoms with Gasteiger partial charge in [-0.2, -0.15) is 0 Å². The van der Waals surface area contributed by atoms with Gasteiger partial charge in [-0.15, -0.1) is 0 Å². The molecule has 30 heavy (non-hydrogen) atoms. The molecule has 0 bridgehead atoms. The zero-order valence-electron chi connectivity index (χ0n) is 17.8. The van der Waals surface area contributed by atoms with Gasteiger partial charge in [-0.1, -0.05) is 36.4 Å². The second kappa shape index (κ2) is 10.1. The SMILES string of the molecule is CCNC(=NCc1ccc(S(=O)(=O)NC)cc1)N1CCOC(c2ccccc2C)C1. The highest BCUT2D eigenvalue weighted by molar-refractivity contribution is 7.89. The molecule has 0 radical (unpaired) electrons. The minimum atomic E-state index is -3.43. The molecule has 2 aromatic carbocycles. The number of ether oxygens (including phenoxy) is 1. The normalized spacial score (nSPS) is 17.8. The molecule has 2 N–H and O–H groups in total. The van der Waals surface area contributed by atoms with E-state index in [4.69, 9.17) is 9.73 Å². The van der Waals surface area contributed by atoms with Gasteiger partial charge >= 0.3 is 0 Å². The molecule has 1 unspecified atom stereocenters. The fraction of sp³-hybridized carbons (Fsp3) is 0.409. The Balaban J connectivity index is 1.73. The standard InChI is InChI=1S/C22H30N4O3S/c1-4-24-22(25-15-18-9-11-19(12-10-18)30(27,28)23-3)26-13-14-29-21(16-26)20-8-6-5-7-17(20)2/h5-12,21,23H,4,13-16H2,1-3H3,(H,24,25). The zero-order chi connectivity index (χ0) is 21.6. The largest absolute Gasteiger partial charge is 0.370 e. The van der Waals surface area contributed by atoms with Crippen LogP contribution in [0.2, 0.25) is 0 Å². The van der Waals surface area contributed by atoms with Crippen LogP contribution in [0.25, 0.3) is 0 Å². The summed E-state index contributed by atoms with van der Waals surface area (Å²) in [6, 6.07) is 15.1. The van der Waals surface area contributed by atoms with E-state index in [1.807, 2.05) is 19.1 Å². The molecule has 8 heteroatoms. The summed E-state index contributed by atoms with van der Waals surface area (Å²) in [6.07, 6.45) is 0.00911. The number of benzene rings is 2. The van der Waals surface area contributed by atoms with Crippen molar-refractivity contribution in [3.05, 3.63) is 65.2 Å². The number of guanidine groups is 1. The number of hydrogen-bond donors (Lipinski definition) is 2. The van der Waals surface area contributed by atoms with Gasteiger partial charge in [0, 0.05) is 13.1 Å². The van der Waals surface area contributed by atoms with E-state index in [2.05, 4.69) is 34.0 Å². The van der Waals surface area contributed by atoms with Crippen LogP contribution in [0.5, 0.6) is 0 Å². The third kappa shape index (κ3) is 5.38. The van der Waals surface area contributed by atoms with E-state index in [0.717, 1.165) is 31.2 Å². The van der Waals surface area contributed by atoms with Crippen LogP contribution in [0.3, 0.4) is 0 Å². The van der Waals surface area contributed by atoms with Crippen LogP contribution in [0.4, 0.5) is 0 Å². The van der Waals surface area contributed by atoms with Crippen LogP contribution < -0.4 is 10.0 Å². The molecular weight excluding hydrogens is 400 g/mol. The van der Waals surface area contributed by atoms with Gasteiger partial charge in [0.15, 0.2) is 5.96 Å². The Labute approximate surface area is 179 Å². The van der Waals surface area contributed by atoms with Gasteiger partial charge in [0.05, 0.1) is 24.6 Å². The molecule has 162 valence electrons. The summed E-state index contributed by atoms with van der Waals surface area (Å²) < 4.78 is 32.1. The summed E-state index contributed by atoms with van der Waals surface area (Å²) >= 11 is 0. The van der Waals surface area contributed by atoms with E-state index in [9.17, 15) is 8.42 Å². The first-order valence-corrected chi connectivity index (χ1v) is 11.7. The fourth-order valence-electron chi connectivity index (χ4n) is 3.46. The molecule has 1 aliphatic heterocycles. The van der Waals surface area contributed by atoms with Gasteiger partial charge in [0.2, 0.25) is 10.0 Å². The Morgan fingerprint density at radius 2 is 1.93 bits per heavy atom. The maximum atomic E-state index is 11.9. The van der Waals surface area contributed by atoms with E-state index < -0.39 is 10.0 Å².